The Labute approximate surface area is 113 Å². The standard InChI is InChI=1S/C15H20N4/c1-18-15-5-3-2-4-13(15)14(17-18)10-19-8-11-6-16-7-12(11)9-19/h2-5,11-12,16H,6-10H2,1H3/t11-,12+. The van der Waals surface area contributed by atoms with Crippen molar-refractivity contribution in [1.82, 2.24) is 20.0 Å². The van der Waals surface area contributed by atoms with Crippen molar-refractivity contribution in [2.24, 2.45) is 18.9 Å². The second-order valence-corrected chi connectivity index (χ2v) is 5.96. The van der Waals surface area contributed by atoms with Gasteiger partial charge in [0.25, 0.3) is 0 Å². The van der Waals surface area contributed by atoms with Gasteiger partial charge in [-0.25, -0.2) is 0 Å². The molecule has 0 spiro atoms. The molecule has 0 radical (unpaired) electrons. The third-order valence-corrected chi connectivity index (χ3v) is 4.67. The Hall–Kier alpha value is -1.39. The first-order chi connectivity index (χ1) is 9.31. The van der Waals surface area contributed by atoms with E-state index in [4.69, 9.17) is 5.10 Å². The van der Waals surface area contributed by atoms with Gasteiger partial charge >= 0.3 is 0 Å². The Morgan fingerprint density at radius 1 is 1.21 bits per heavy atom. The van der Waals surface area contributed by atoms with E-state index in [9.17, 15) is 0 Å². The average molecular weight is 256 g/mol. The van der Waals surface area contributed by atoms with Crippen molar-refractivity contribution in [3.05, 3.63) is 30.0 Å². The van der Waals surface area contributed by atoms with Gasteiger partial charge in [0, 0.05) is 32.1 Å². The highest BCUT2D eigenvalue weighted by atomic mass is 15.3. The monoisotopic (exact) mass is 256 g/mol. The summed E-state index contributed by atoms with van der Waals surface area (Å²) in [7, 11) is 2.04. The third kappa shape index (κ3) is 1.86. The highest BCUT2D eigenvalue weighted by molar-refractivity contribution is 5.81. The normalized spacial score (nSPS) is 27.2. The van der Waals surface area contributed by atoms with Crippen LogP contribution >= 0.6 is 0 Å². The number of hydrogen-bond donors (Lipinski definition) is 1. The number of rotatable bonds is 2. The Morgan fingerprint density at radius 3 is 2.74 bits per heavy atom. The fraction of sp³-hybridized carbons (Fsp3) is 0.533. The van der Waals surface area contributed by atoms with Gasteiger partial charge in [-0.3, -0.25) is 9.58 Å². The summed E-state index contributed by atoms with van der Waals surface area (Å²) < 4.78 is 2.00. The molecule has 2 aromatic rings. The van der Waals surface area contributed by atoms with Crippen LogP contribution in [0.1, 0.15) is 5.69 Å². The van der Waals surface area contributed by atoms with Crippen LogP contribution in [0.3, 0.4) is 0 Å². The summed E-state index contributed by atoms with van der Waals surface area (Å²) in [6.45, 7) is 5.84. The number of aryl methyl sites for hydroxylation is 1. The van der Waals surface area contributed by atoms with E-state index in [1.54, 1.807) is 0 Å². The Kier molecular flexibility index (Phi) is 2.60. The fourth-order valence-electron chi connectivity index (χ4n) is 3.70. The van der Waals surface area contributed by atoms with Crippen LogP contribution in [0, 0.1) is 11.8 Å². The molecule has 2 fully saturated rings. The first-order valence-electron chi connectivity index (χ1n) is 7.15. The van der Waals surface area contributed by atoms with Gasteiger partial charge in [0.15, 0.2) is 0 Å². The van der Waals surface area contributed by atoms with E-state index in [0.29, 0.717) is 0 Å². The van der Waals surface area contributed by atoms with Crippen molar-refractivity contribution < 1.29 is 0 Å². The molecule has 1 N–H and O–H groups in total. The van der Waals surface area contributed by atoms with Crippen LogP contribution in [0.2, 0.25) is 0 Å². The summed E-state index contributed by atoms with van der Waals surface area (Å²) >= 11 is 0. The Morgan fingerprint density at radius 2 is 1.95 bits per heavy atom. The maximum atomic E-state index is 4.71. The van der Waals surface area contributed by atoms with Crippen molar-refractivity contribution >= 4 is 10.9 Å². The Balaban J connectivity index is 1.59. The number of likely N-dealkylation sites (tertiary alicyclic amines) is 1. The first kappa shape index (κ1) is 11.4. The predicted molar refractivity (Wildman–Crippen MR) is 75.8 cm³/mol. The van der Waals surface area contributed by atoms with Gasteiger partial charge in [-0.05, 0) is 31.0 Å². The second-order valence-electron chi connectivity index (χ2n) is 5.96. The lowest BCUT2D eigenvalue weighted by Crippen LogP contribution is -2.25. The van der Waals surface area contributed by atoms with Crippen LogP contribution in [0.4, 0.5) is 0 Å². The highest BCUT2D eigenvalue weighted by Gasteiger charge is 2.36. The third-order valence-electron chi connectivity index (χ3n) is 4.67. The van der Waals surface area contributed by atoms with Crippen LogP contribution < -0.4 is 5.32 Å². The molecule has 19 heavy (non-hydrogen) atoms. The predicted octanol–water partition coefficient (Wildman–Crippen LogP) is 1.22. The molecule has 1 aromatic heterocycles. The van der Waals surface area contributed by atoms with Gasteiger partial charge in [-0.15, -0.1) is 0 Å². The van der Waals surface area contributed by atoms with E-state index in [1.807, 2.05) is 11.7 Å². The first-order valence-corrected chi connectivity index (χ1v) is 7.15. The maximum absolute atomic E-state index is 4.71. The number of aromatic nitrogens is 2. The number of benzene rings is 1. The summed E-state index contributed by atoms with van der Waals surface area (Å²) in [6.07, 6.45) is 0. The van der Waals surface area contributed by atoms with Crippen molar-refractivity contribution in [3.8, 4) is 0 Å². The SMILES string of the molecule is Cn1nc(CN2C[C@H]3CNC[C@H]3C2)c2ccccc21. The lowest BCUT2D eigenvalue weighted by molar-refractivity contribution is 0.302. The zero-order valence-electron chi connectivity index (χ0n) is 11.3. The molecule has 4 rings (SSSR count). The minimum Gasteiger partial charge on any atom is -0.316 e. The van der Waals surface area contributed by atoms with Gasteiger partial charge < -0.3 is 5.32 Å². The molecule has 4 nitrogen and oxygen atoms in total. The summed E-state index contributed by atoms with van der Waals surface area (Å²) in [4.78, 5) is 2.57. The van der Waals surface area contributed by atoms with Gasteiger partial charge in [0.1, 0.15) is 0 Å². The van der Waals surface area contributed by atoms with Crippen LogP contribution in [0.15, 0.2) is 24.3 Å². The molecule has 1 aromatic carbocycles. The molecule has 0 saturated carbocycles. The minimum atomic E-state index is 0.856. The summed E-state index contributed by atoms with van der Waals surface area (Å²) in [5.74, 6) is 1.71. The zero-order chi connectivity index (χ0) is 12.8. The van der Waals surface area contributed by atoms with Gasteiger partial charge in [0.2, 0.25) is 0 Å². The average Bonchev–Trinajstić information content (AvgIpc) is 3.05. The van der Waals surface area contributed by atoms with Crippen LogP contribution in [-0.2, 0) is 13.6 Å². The minimum absolute atomic E-state index is 0.856. The summed E-state index contributed by atoms with van der Waals surface area (Å²) in [6, 6.07) is 8.53. The van der Waals surface area contributed by atoms with Crippen molar-refractivity contribution in [2.45, 2.75) is 6.54 Å². The van der Waals surface area contributed by atoms with Crippen LogP contribution in [-0.4, -0.2) is 40.9 Å². The van der Waals surface area contributed by atoms with E-state index >= 15 is 0 Å². The summed E-state index contributed by atoms with van der Waals surface area (Å²) in [5, 5.41) is 9.51. The molecule has 3 heterocycles. The Bertz CT molecular complexity index is 591. The van der Waals surface area contributed by atoms with Crippen molar-refractivity contribution in [3.63, 3.8) is 0 Å². The smallest absolute Gasteiger partial charge is 0.0843 e. The number of fused-ring (bicyclic) bond motifs is 2. The molecule has 0 amide bonds. The molecule has 0 unspecified atom stereocenters. The lowest BCUT2D eigenvalue weighted by atomic mass is 10.0. The molecular formula is C15H20N4. The number of nitrogens with zero attached hydrogens (tertiary/aromatic N) is 3. The quantitative estimate of drug-likeness (QED) is 0.877. The lowest BCUT2D eigenvalue weighted by Gasteiger charge is -2.15. The molecule has 2 aliphatic rings. The molecule has 0 bridgehead atoms. The number of para-hydroxylation sites is 1. The molecule has 2 saturated heterocycles. The van der Waals surface area contributed by atoms with Gasteiger partial charge in [0.05, 0.1) is 11.2 Å². The van der Waals surface area contributed by atoms with Gasteiger partial charge in [-0.2, -0.15) is 5.10 Å². The molecule has 4 heteroatoms. The molecule has 2 aliphatic heterocycles. The van der Waals surface area contributed by atoms with Crippen LogP contribution in [0.25, 0.3) is 10.9 Å². The van der Waals surface area contributed by atoms with Crippen LogP contribution in [0.5, 0.6) is 0 Å². The number of nitrogens with one attached hydrogen (secondary N) is 1. The molecular weight excluding hydrogens is 236 g/mol. The highest BCUT2D eigenvalue weighted by Crippen LogP contribution is 2.28. The zero-order valence-corrected chi connectivity index (χ0v) is 11.3. The van der Waals surface area contributed by atoms with Crippen molar-refractivity contribution in [1.29, 1.82) is 0 Å². The van der Waals surface area contributed by atoms with E-state index in [2.05, 4.69) is 34.5 Å². The largest absolute Gasteiger partial charge is 0.316 e. The maximum Gasteiger partial charge on any atom is 0.0843 e. The molecule has 100 valence electrons. The fourth-order valence-corrected chi connectivity index (χ4v) is 3.70. The van der Waals surface area contributed by atoms with E-state index in [1.165, 1.54) is 42.8 Å². The van der Waals surface area contributed by atoms with E-state index < -0.39 is 0 Å². The summed E-state index contributed by atoms with van der Waals surface area (Å²) in [5.41, 5.74) is 2.46. The topological polar surface area (TPSA) is 33.1 Å². The van der Waals surface area contributed by atoms with E-state index in [-0.39, 0.29) is 0 Å². The van der Waals surface area contributed by atoms with E-state index in [0.717, 1.165) is 18.4 Å². The molecule has 2 atom stereocenters. The number of hydrogen-bond acceptors (Lipinski definition) is 3. The van der Waals surface area contributed by atoms with Crippen molar-refractivity contribution in [2.75, 3.05) is 26.2 Å². The molecule has 0 aliphatic carbocycles. The van der Waals surface area contributed by atoms with Gasteiger partial charge in [-0.1, -0.05) is 18.2 Å². The second kappa shape index (κ2) is 4.32.